The summed E-state index contributed by atoms with van der Waals surface area (Å²) in [6.45, 7) is -4.64. The highest BCUT2D eigenvalue weighted by atomic mass is 35.5. The number of primary amides is 1. The molecule has 0 aliphatic carbocycles. The third-order valence-corrected chi connectivity index (χ3v) is 15.9. The van der Waals surface area contributed by atoms with Crippen molar-refractivity contribution in [3.8, 4) is 0 Å². The second kappa shape index (κ2) is 31.2. The Labute approximate surface area is 488 Å². The van der Waals surface area contributed by atoms with E-state index in [1.54, 1.807) is 0 Å². The lowest BCUT2D eigenvalue weighted by molar-refractivity contribution is -0.567. The molecular weight excluding hydrogens is 1190 g/mol. The fourth-order valence-electron chi connectivity index (χ4n) is 11.2. The highest BCUT2D eigenvalue weighted by Gasteiger charge is 2.59. The Balaban J connectivity index is 0.0000104. The third kappa shape index (κ3) is 15.2. The second-order valence-electron chi connectivity index (χ2n) is 21.6. The molecule has 0 aromatic heterocycles. The molecule has 21 fully saturated rings. The molecule has 21 heterocycles. The lowest BCUT2D eigenvalue weighted by atomic mass is 9.95. The first kappa shape index (κ1) is 71.0. The zero-order valence-electron chi connectivity index (χ0n) is 45.3. The van der Waals surface area contributed by atoms with E-state index in [1.807, 2.05) is 0 Å². The predicted molar refractivity (Wildman–Crippen MR) is 256 cm³/mol. The fraction of sp³-hybridized carbons (Fsp3) is 0.979. The van der Waals surface area contributed by atoms with Crippen molar-refractivity contribution in [2.24, 2.45) is 0 Å². The Morgan fingerprint density at radius 2 is 0.506 bits per heavy atom. The Morgan fingerprint density at radius 3 is 0.694 bits per heavy atom. The number of aliphatic hydroxyl groups excluding tert-OH is 20. The minimum Gasteiger partial charge on any atom is -1.00 e. The molecule has 21 rings (SSSR count). The first-order chi connectivity index (χ1) is 40.0. The molecule has 21 saturated heterocycles. The van der Waals surface area contributed by atoms with Crippen molar-refractivity contribution in [1.29, 1.82) is 0 Å². The maximum absolute atomic E-state index is 11.7. The summed E-state index contributed by atoms with van der Waals surface area (Å²) >= 11 is 0. The number of nitrogens with one attached hydrogen (secondary N) is 1. The summed E-state index contributed by atoms with van der Waals surface area (Å²) in [5.74, 6) is -0.190. The van der Waals surface area contributed by atoms with Crippen molar-refractivity contribution < 1.29 is 191 Å². The quantitative estimate of drug-likeness (QED) is 0.0807. The largest absolute Gasteiger partial charge is 1.00 e. The number of rotatable bonds is 12. The van der Waals surface area contributed by atoms with Crippen LogP contribution in [0.2, 0.25) is 0 Å². The van der Waals surface area contributed by atoms with Crippen LogP contribution in [0.4, 0.5) is 0 Å². The molecule has 0 spiro atoms. The minimum absolute atomic E-state index is 0. The Bertz CT molecular complexity index is 2030. The fourth-order valence-corrected chi connectivity index (χ4v) is 11.2. The summed E-state index contributed by atoms with van der Waals surface area (Å²) in [5.41, 5.74) is 0. The Kier molecular flexibility index (Phi) is 26.1. The third-order valence-electron chi connectivity index (χ3n) is 15.9. The van der Waals surface area contributed by atoms with Gasteiger partial charge in [-0.2, -0.15) is 0 Å². The monoisotopic (exact) mass is 1270 g/mol. The van der Waals surface area contributed by atoms with Gasteiger partial charge in [0.15, 0.2) is 44.0 Å². The van der Waals surface area contributed by atoms with Crippen LogP contribution in [0.5, 0.6) is 0 Å². The van der Waals surface area contributed by atoms with Crippen LogP contribution in [0.1, 0.15) is 13.3 Å². The van der Waals surface area contributed by atoms with Gasteiger partial charge in [-0.3, -0.25) is 5.32 Å². The van der Waals surface area contributed by atoms with Gasteiger partial charge in [-0.25, -0.2) is 4.79 Å². The maximum Gasteiger partial charge on any atom is 0.307 e. The van der Waals surface area contributed by atoms with Gasteiger partial charge < -0.3 is 186 Å². The van der Waals surface area contributed by atoms with Crippen LogP contribution < -0.4 is 23.0 Å². The van der Waals surface area contributed by atoms with Crippen LogP contribution in [0.3, 0.4) is 0 Å². The van der Waals surface area contributed by atoms with Gasteiger partial charge in [0.05, 0.1) is 53.1 Å². The van der Waals surface area contributed by atoms with E-state index in [9.17, 15) is 107 Å². The van der Waals surface area contributed by atoms with Crippen LogP contribution in [0.15, 0.2) is 0 Å². The molecule has 21 aliphatic rings. The van der Waals surface area contributed by atoms with Crippen LogP contribution in [-0.2, 0) is 71.1 Å². The number of ether oxygens (including phenoxy) is 14. The first-order valence-corrected chi connectivity index (χ1v) is 27.4. The van der Waals surface area contributed by atoms with Gasteiger partial charge in [0.1, 0.15) is 171 Å². The van der Waals surface area contributed by atoms with E-state index in [-0.39, 0.29) is 31.4 Å². The van der Waals surface area contributed by atoms with E-state index in [1.165, 1.54) is 12.2 Å². The standard InChI is InChI=1S/C47H80N2O35.ClH/c1-12(56)49-4-2-3-48-5-13-34-20(57)27(64)41(71-13)79-35-14(6-50)73-43(29(66)22(35)59)81-37-16(8-52)75-45(31(68)24(37)61)83-39-18(10-54)77-47(33(70)26(39)63)84-40-19(11-55)76-46(32(69)25(40)62)82-38-17(9-53)74-44(30(67)23(38)60)80-36-15(7-51)72-42(78-34)28(65)21(36)58;/h13-48,50-55,57-70H,2-11H2,1H3,(H,49,56);1H/t13-,14+,15-,16+,17-,18+,19-,20+,21+,22+,23+,24-,25+,26+,27+,28+,29-,30+,31-,32+,33+,34+,35+,36+,37+,38+,39+,40+,41+,42+,43+,44+,45+,46+,47+;/m0./s1. The van der Waals surface area contributed by atoms with Crippen molar-refractivity contribution in [3.05, 3.63) is 0 Å². The zero-order valence-corrected chi connectivity index (χ0v) is 46.1. The molecule has 14 bridgehead atoms. The highest BCUT2D eigenvalue weighted by molar-refractivity contribution is 5.61. The molecule has 496 valence electrons. The van der Waals surface area contributed by atoms with E-state index in [2.05, 4.69) is 5.32 Å². The van der Waals surface area contributed by atoms with Gasteiger partial charge in [-0.05, 0) is 0 Å². The summed E-state index contributed by atoms with van der Waals surface area (Å²) in [6, 6.07) is 0. The molecule has 21 aliphatic heterocycles. The van der Waals surface area contributed by atoms with Crippen LogP contribution in [0, 0.1) is 0 Å². The summed E-state index contributed by atoms with van der Waals surface area (Å²) in [7, 11) is 0. The van der Waals surface area contributed by atoms with Gasteiger partial charge >= 0.3 is 5.91 Å². The molecule has 38 heteroatoms. The molecular formula is C47H81ClN2O35. The summed E-state index contributed by atoms with van der Waals surface area (Å²) < 4.78 is 81.1. The van der Waals surface area contributed by atoms with Gasteiger partial charge in [0, 0.05) is 19.5 Å². The number of nitrogens with two attached hydrogens (primary N) is 1. The topological polar surface area (TPSA) is 580 Å². The van der Waals surface area contributed by atoms with Crippen LogP contribution >= 0.6 is 0 Å². The van der Waals surface area contributed by atoms with Gasteiger partial charge in [-0.15, -0.1) is 0 Å². The normalized spacial score (nSPS) is 51.1. The van der Waals surface area contributed by atoms with Crippen molar-refractivity contribution in [3.63, 3.8) is 0 Å². The molecule has 0 saturated carbocycles. The lowest BCUT2D eigenvalue weighted by Crippen LogP contribution is -3.00. The van der Waals surface area contributed by atoms with Crippen molar-refractivity contribution in [1.82, 2.24) is 5.32 Å². The minimum atomic E-state index is -2.21. The van der Waals surface area contributed by atoms with E-state index >= 15 is 0 Å². The number of hydrogen-bond donors (Lipinski definition) is 22. The summed E-state index contributed by atoms with van der Waals surface area (Å²) in [5, 5.41) is 227. The predicted octanol–water partition coefficient (Wildman–Crippen LogP) is -19.1. The van der Waals surface area contributed by atoms with Crippen molar-refractivity contribution in [2.45, 2.75) is 228 Å². The molecule has 0 aromatic rings. The van der Waals surface area contributed by atoms with Crippen molar-refractivity contribution in [2.75, 3.05) is 59.3 Å². The average molecular weight is 1270 g/mol. The number of aliphatic hydroxyl groups is 20. The van der Waals surface area contributed by atoms with Gasteiger partial charge in [-0.1, -0.05) is 0 Å². The van der Waals surface area contributed by atoms with Gasteiger partial charge in [0.2, 0.25) is 0 Å². The number of amides is 1. The molecule has 23 N–H and O–H groups in total. The Morgan fingerprint density at radius 1 is 0.318 bits per heavy atom. The lowest BCUT2D eigenvalue weighted by Gasteiger charge is -2.50. The smallest absolute Gasteiger partial charge is 0.307 e. The Hall–Kier alpha value is -1.48. The average Bonchev–Trinajstić information content (AvgIpc) is 3.59. The molecule has 85 heavy (non-hydrogen) atoms. The highest BCUT2D eigenvalue weighted by Crippen LogP contribution is 2.39. The number of halogens is 1. The number of carbonyl (C=O) groups excluding carboxylic acids is 1. The molecule has 37 nitrogen and oxygen atoms in total. The molecule has 0 radical (unpaired) electrons. The first-order valence-electron chi connectivity index (χ1n) is 27.4. The second-order valence-corrected chi connectivity index (χ2v) is 21.6. The SMILES string of the molecule is CC(=O)[NH2+]CCCNC[C@@H]1O[C@@H]2O[C@H]3[C@H](O)[C@H](O)[C@@H](O[C@H]4[C@@H](O)[C@H](O)[C@@H](O[C@H]5[C@H](O)[C@@H](O)[C@@H](O[C@H]6[C@H](O)[C@@H](O)[C@@H](O[C@H]7[C@H](O)[C@@H](O)[C@@H](O[C@H]8[C@H](O)[C@@H](O)[C@@H](O[C@H]1[C@H](O)[C@H]2O)O[C@H]8CO)O[C@H]7CO)O[C@H]6CO)O[C@@H]5CO)O[C@@H]4CO)O[C@@H]3CO.[Cl-]. The molecule has 1 amide bonds. The number of carbonyl (C=O) groups is 1. The summed E-state index contributed by atoms with van der Waals surface area (Å²) in [4.78, 5) is 11.5. The van der Waals surface area contributed by atoms with E-state index in [4.69, 9.17) is 66.3 Å². The molecule has 0 aromatic carbocycles. The van der Waals surface area contributed by atoms with E-state index in [0.717, 1.165) is 0 Å². The van der Waals surface area contributed by atoms with E-state index in [0.29, 0.717) is 13.0 Å². The van der Waals surface area contributed by atoms with Crippen molar-refractivity contribution >= 4 is 5.91 Å². The van der Waals surface area contributed by atoms with Crippen LogP contribution in [0.25, 0.3) is 0 Å². The number of hydrogen-bond acceptors (Lipinski definition) is 36. The summed E-state index contributed by atoms with van der Waals surface area (Å²) in [6.07, 6.45) is -69.2. The maximum atomic E-state index is 11.7. The van der Waals surface area contributed by atoms with Crippen LogP contribution in [-0.4, -0.2) is 382 Å². The van der Waals surface area contributed by atoms with E-state index < -0.39 is 255 Å². The van der Waals surface area contributed by atoms with Gasteiger partial charge in [0.25, 0.3) is 0 Å². The molecule has 0 unspecified atom stereocenters. The zero-order chi connectivity index (χ0) is 61.2. The molecule has 35 atom stereocenters. The number of quaternary nitrogens is 1.